The van der Waals surface area contributed by atoms with Gasteiger partial charge in [-0.1, -0.05) is 12.1 Å². The largest absolute Gasteiger partial charge is 0.466 e. The summed E-state index contributed by atoms with van der Waals surface area (Å²) in [6, 6.07) is 6.09. The summed E-state index contributed by atoms with van der Waals surface area (Å²) in [5.74, 6) is -0.550. The van der Waals surface area contributed by atoms with E-state index in [2.05, 4.69) is 0 Å². The third kappa shape index (κ3) is 5.89. The molecule has 0 unspecified atom stereocenters. The Morgan fingerprint density at radius 1 is 1.05 bits per heavy atom. The highest BCUT2D eigenvalue weighted by molar-refractivity contribution is 7.90. The molecular formula is C7H14N3O7PS. The molecule has 0 bridgehead atoms. The fraction of sp³-hybridized carbons (Fsp3) is 0. The van der Waals surface area contributed by atoms with E-state index in [4.69, 9.17) is 19.2 Å². The van der Waals surface area contributed by atoms with Crippen LogP contribution in [-0.2, 0) is 14.6 Å². The van der Waals surface area contributed by atoms with Crippen LogP contribution in [0, 0.1) is 0 Å². The highest BCUT2D eigenvalue weighted by atomic mass is 32.2. The maximum Gasteiger partial charge on any atom is 0.466 e. The van der Waals surface area contributed by atoms with E-state index < -0.39 is 23.8 Å². The predicted octanol–water partition coefficient (Wildman–Crippen LogP) is -0.486. The molecule has 1 aromatic carbocycles. The lowest BCUT2D eigenvalue weighted by atomic mass is 10.2. The van der Waals surface area contributed by atoms with Gasteiger partial charge in [0.05, 0.1) is 5.56 Å². The SMILES string of the molecule is N.N.O=C1NS(=O)(=O)c2ccccc21.O=P(O)(O)O. The summed E-state index contributed by atoms with van der Waals surface area (Å²) < 4.78 is 33.0. The molecule has 1 aromatic rings. The van der Waals surface area contributed by atoms with Gasteiger partial charge >= 0.3 is 7.82 Å². The lowest BCUT2D eigenvalue weighted by Gasteiger charge is -1.91. The molecule has 110 valence electrons. The van der Waals surface area contributed by atoms with Crippen LogP contribution in [0.2, 0.25) is 0 Å². The molecule has 0 saturated carbocycles. The second-order valence-electron chi connectivity index (χ2n) is 2.94. The van der Waals surface area contributed by atoms with Crippen molar-refractivity contribution in [2.75, 3.05) is 0 Å². The van der Waals surface area contributed by atoms with E-state index in [9.17, 15) is 13.2 Å². The van der Waals surface area contributed by atoms with Gasteiger partial charge in [0.15, 0.2) is 0 Å². The number of hydrogen-bond acceptors (Lipinski definition) is 6. The molecule has 12 heteroatoms. The summed E-state index contributed by atoms with van der Waals surface area (Å²) in [5.41, 5.74) is 0.220. The first-order valence-corrected chi connectivity index (χ1v) is 7.10. The van der Waals surface area contributed by atoms with Gasteiger partial charge in [-0.3, -0.25) is 4.79 Å². The quantitative estimate of drug-likeness (QED) is 0.340. The molecule has 1 amide bonds. The van der Waals surface area contributed by atoms with E-state index in [1.807, 2.05) is 4.72 Å². The van der Waals surface area contributed by atoms with Gasteiger partial charge < -0.3 is 27.0 Å². The van der Waals surface area contributed by atoms with E-state index in [0.29, 0.717) is 0 Å². The van der Waals surface area contributed by atoms with Crippen LogP contribution in [-0.4, -0.2) is 29.0 Å². The lowest BCUT2D eigenvalue weighted by molar-refractivity contribution is 0.0985. The van der Waals surface area contributed by atoms with Crippen molar-refractivity contribution in [1.29, 1.82) is 0 Å². The average molecular weight is 315 g/mol. The van der Waals surface area contributed by atoms with Crippen LogP contribution in [0.3, 0.4) is 0 Å². The fourth-order valence-electron chi connectivity index (χ4n) is 1.12. The Bertz CT molecular complexity index is 588. The molecule has 1 heterocycles. The Hall–Kier alpha value is -1.33. The molecule has 0 saturated heterocycles. The maximum atomic E-state index is 11.1. The molecule has 0 spiro atoms. The number of nitrogens with one attached hydrogen (secondary N) is 1. The van der Waals surface area contributed by atoms with Crippen LogP contribution < -0.4 is 17.0 Å². The molecule has 0 fully saturated rings. The summed E-state index contributed by atoms with van der Waals surface area (Å²) in [6.07, 6.45) is 0. The van der Waals surface area contributed by atoms with Crippen LogP contribution in [0.5, 0.6) is 0 Å². The summed E-state index contributed by atoms with van der Waals surface area (Å²) in [5, 5.41) is 0. The first-order chi connectivity index (χ1) is 7.61. The van der Waals surface area contributed by atoms with Crippen molar-refractivity contribution >= 4 is 23.8 Å². The first kappa shape index (κ1) is 20.0. The van der Waals surface area contributed by atoms with Gasteiger partial charge in [0, 0.05) is 0 Å². The van der Waals surface area contributed by atoms with Crippen LogP contribution in [0.4, 0.5) is 0 Å². The molecule has 19 heavy (non-hydrogen) atoms. The van der Waals surface area contributed by atoms with Gasteiger partial charge in [-0.2, -0.15) is 0 Å². The zero-order valence-electron chi connectivity index (χ0n) is 9.55. The minimum atomic E-state index is -4.64. The number of benzene rings is 1. The maximum absolute atomic E-state index is 11.1. The summed E-state index contributed by atoms with van der Waals surface area (Å²) in [4.78, 5) is 32.6. The Kier molecular flexibility index (Phi) is 7.08. The van der Waals surface area contributed by atoms with Crippen molar-refractivity contribution in [2.45, 2.75) is 4.90 Å². The molecule has 2 rings (SSSR count). The summed E-state index contributed by atoms with van der Waals surface area (Å²) in [6.45, 7) is 0. The third-order valence-electron chi connectivity index (χ3n) is 1.65. The first-order valence-electron chi connectivity index (χ1n) is 4.06. The molecule has 1 aliphatic rings. The van der Waals surface area contributed by atoms with Crippen LogP contribution in [0.25, 0.3) is 0 Å². The third-order valence-corrected chi connectivity index (χ3v) is 3.04. The van der Waals surface area contributed by atoms with Gasteiger partial charge in [-0.25, -0.2) is 17.7 Å². The minimum absolute atomic E-state index is 0. The molecule has 1 aliphatic heterocycles. The van der Waals surface area contributed by atoms with E-state index in [1.165, 1.54) is 12.1 Å². The standard InChI is InChI=1S/C7H5NO3S.2H3N.H3O4P/c9-7-5-3-1-2-4-6(5)12(10,11)8-7;;;1-5(2,3)4/h1-4H,(H,8,9);2*1H3;(H3,1,2,3,4). The van der Waals surface area contributed by atoms with Gasteiger partial charge in [0.25, 0.3) is 15.9 Å². The number of hydrogen-bond donors (Lipinski definition) is 6. The number of sulfonamides is 1. The zero-order valence-corrected chi connectivity index (χ0v) is 11.3. The van der Waals surface area contributed by atoms with E-state index >= 15 is 0 Å². The van der Waals surface area contributed by atoms with Crippen LogP contribution >= 0.6 is 7.82 Å². The molecule has 0 aromatic heterocycles. The lowest BCUT2D eigenvalue weighted by Crippen LogP contribution is -2.20. The van der Waals surface area contributed by atoms with Crippen molar-refractivity contribution in [2.24, 2.45) is 0 Å². The highest BCUT2D eigenvalue weighted by Crippen LogP contribution is 2.25. The van der Waals surface area contributed by atoms with Crippen molar-refractivity contribution in [3.63, 3.8) is 0 Å². The zero-order chi connectivity index (χ0) is 13.3. The number of phosphoric acid groups is 1. The van der Waals surface area contributed by atoms with Crippen molar-refractivity contribution in [3.8, 4) is 0 Å². The van der Waals surface area contributed by atoms with Gasteiger partial charge in [0.1, 0.15) is 4.90 Å². The van der Waals surface area contributed by atoms with Crippen LogP contribution in [0.15, 0.2) is 29.2 Å². The highest BCUT2D eigenvalue weighted by Gasteiger charge is 2.31. The van der Waals surface area contributed by atoms with Crippen molar-refractivity contribution < 1.29 is 32.5 Å². The van der Waals surface area contributed by atoms with Crippen molar-refractivity contribution in [1.82, 2.24) is 17.0 Å². The normalized spacial score (nSPS) is 14.8. The summed E-state index contributed by atoms with van der Waals surface area (Å²) >= 11 is 0. The molecular weight excluding hydrogens is 301 g/mol. The Labute approximate surface area is 108 Å². The summed E-state index contributed by atoms with van der Waals surface area (Å²) in [7, 11) is -8.19. The fourth-order valence-corrected chi connectivity index (χ4v) is 2.29. The smallest absolute Gasteiger partial charge is 0.344 e. The molecule has 10 N–H and O–H groups in total. The van der Waals surface area contributed by atoms with Crippen molar-refractivity contribution in [3.05, 3.63) is 29.8 Å². The van der Waals surface area contributed by atoms with E-state index in [0.717, 1.165) is 0 Å². The molecule has 10 nitrogen and oxygen atoms in total. The average Bonchev–Trinajstić information content (AvgIpc) is 2.36. The Balaban J connectivity index is 0. The topological polar surface area (TPSA) is 211 Å². The number of fused-ring (bicyclic) bond motifs is 1. The van der Waals surface area contributed by atoms with E-state index in [1.54, 1.807) is 12.1 Å². The number of amides is 1. The van der Waals surface area contributed by atoms with Gasteiger partial charge in [-0.15, -0.1) is 0 Å². The van der Waals surface area contributed by atoms with Crippen LogP contribution in [0.1, 0.15) is 10.4 Å². The Morgan fingerprint density at radius 2 is 1.47 bits per heavy atom. The number of carbonyl (C=O) groups is 1. The predicted molar refractivity (Wildman–Crippen MR) is 65.4 cm³/mol. The second kappa shape index (κ2) is 6.73. The minimum Gasteiger partial charge on any atom is -0.344 e. The molecule has 0 aliphatic carbocycles. The number of rotatable bonds is 0. The van der Waals surface area contributed by atoms with E-state index in [-0.39, 0.29) is 22.8 Å². The monoisotopic (exact) mass is 315 g/mol. The number of carbonyl (C=O) groups excluding carboxylic acids is 1. The second-order valence-corrected chi connectivity index (χ2v) is 5.62. The van der Waals surface area contributed by atoms with Gasteiger partial charge in [0.2, 0.25) is 0 Å². The molecule has 0 radical (unpaired) electrons. The molecule has 0 atom stereocenters. The Morgan fingerprint density at radius 3 is 1.89 bits per heavy atom. The van der Waals surface area contributed by atoms with Gasteiger partial charge in [-0.05, 0) is 12.1 Å².